The van der Waals surface area contributed by atoms with Gasteiger partial charge in [-0.05, 0) is 61.2 Å². The van der Waals surface area contributed by atoms with Crippen molar-refractivity contribution in [3.63, 3.8) is 0 Å². The van der Waals surface area contributed by atoms with Gasteiger partial charge in [0.15, 0.2) is 0 Å². The second-order valence-corrected chi connectivity index (χ2v) is 7.51. The molecule has 0 bridgehead atoms. The lowest BCUT2D eigenvalue weighted by molar-refractivity contribution is -0.125. The van der Waals surface area contributed by atoms with Gasteiger partial charge in [0.1, 0.15) is 0 Å². The number of hydrogen-bond acceptors (Lipinski definition) is 3. The van der Waals surface area contributed by atoms with Crippen LogP contribution in [0.3, 0.4) is 0 Å². The number of nitrogens with zero attached hydrogens (tertiary/aromatic N) is 1. The predicted molar refractivity (Wildman–Crippen MR) is 122 cm³/mol. The molecule has 5 amide bonds. The average molecular weight is 424 g/mol. The Hall–Kier alpha value is -3.55. The van der Waals surface area contributed by atoms with E-state index in [2.05, 4.69) is 28.2 Å². The second kappa shape index (κ2) is 10.5. The molecule has 0 saturated carbocycles. The number of amides is 5. The van der Waals surface area contributed by atoms with Crippen LogP contribution < -0.4 is 21.3 Å². The van der Waals surface area contributed by atoms with E-state index in [4.69, 9.17) is 0 Å². The summed E-state index contributed by atoms with van der Waals surface area (Å²) in [6.45, 7) is 3.17. The number of aryl methyl sites for hydroxylation is 1. The highest BCUT2D eigenvalue weighted by atomic mass is 16.2. The standard InChI is InChI=1S/C23H29N5O3/c1-3-16-4-6-18(7-5-16)25-22(30)26-19-8-10-20(11-9-19)27-23(31)28-14-12-17(13-15-28)21(29)24-2/h4-11,17H,3,12-15H2,1-2H3,(H,24,29)(H,27,31)(H2,25,26,30). The zero-order valence-corrected chi connectivity index (χ0v) is 17.9. The summed E-state index contributed by atoms with van der Waals surface area (Å²) >= 11 is 0. The van der Waals surface area contributed by atoms with E-state index in [1.165, 1.54) is 5.56 Å². The Morgan fingerprint density at radius 1 is 0.839 bits per heavy atom. The predicted octanol–water partition coefficient (Wildman–Crippen LogP) is 3.88. The van der Waals surface area contributed by atoms with E-state index in [1.54, 1.807) is 36.2 Å². The lowest BCUT2D eigenvalue weighted by atomic mass is 9.96. The van der Waals surface area contributed by atoms with Gasteiger partial charge < -0.3 is 26.2 Å². The molecule has 1 aliphatic heterocycles. The Morgan fingerprint density at radius 2 is 1.32 bits per heavy atom. The number of urea groups is 2. The molecule has 8 heteroatoms. The summed E-state index contributed by atoms with van der Waals surface area (Å²) in [5.41, 5.74) is 3.19. The molecular weight excluding hydrogens is 394 g/mol. The van der Waals surface area contributed by atoms with Crippen molar-refractivity contribution in [1.29, 1.82) is 0 Å². The topological polar surface area (TPSA) is 103 Å². The molecule has 1 saturated heterocycles. The van der Waals surface area contributed by atoms with Crippen LogP contribution in [0.2, 0.25) is 0 Å². The molecule has 1 fully saturated rings. The van der Waals surface area contributed by atoms with Crippen LogP contribution >= 0.6 is 0 Å². The van der Waals surface area contributed by atoms with E-state index in [1.807, 2.05) is 24.3 Å². The Balaban J connectivity index is 1.46. The molecule has 0 aliphatic carbocycles. The molecule has 1 heterocycles. The summed E-state index contributed by atoms with van der Waals surface area (Å²) in [5.74, 6) is 0.000272. The largest absolute Gasteiger partial charge is 0.359 e. The minimum absolute atomic E-state index is 0.0323. The number of piperidine rings is 1. The molecule has 164 valence electrons. The number of anilines is 3. The molecule has 8 nitrogen and oxygen atoms in total. The minimum atomic E-state index is -0.333. The third-order valence-corrected chi connectivity index (χ3v) is 5.41. The van der Waals surface area contributed by atoms with Crippen molar-refractivity contribution in [1.82, 2.24) is 10.2 Å². The van der Waals surface area contributed by atoms with E-state index >= 15 is 0 Å². The van der Waals surface area contributed by atoms with Gasteiger partial charge in [-0.3, -0.25) is 4.79 Å². The highest BCUT2D eigenvalue weighted by Crippen LogP contribution is 2.19. The molecule has 2 aromatic carbocycles. The van der Waals surface area contributed by atoms with Crippen molar-refractivity contribution in [2.45, 2.75) is 26.2 Å². The van der Waals surface area contributed by atoms with Crippen LogP contribution in [0.25, 0.3) is 0 Å². The number of nitrogens with one attached hydrogen (secondary N) is 4. The van der Waals surface area contributed by atoms with Gasteiger partial charge in [0.05, 0.1) is 0 Å². The average Bonchev–Trinajstić information content (AvgIpc) is 2.80. The van der Waals surface area contributed by atoms with E-state index in [0.29, 0.717) is 37.3 Å². The minimum Gasteiger partial charge on any atom is -0.359 e. The Kier molecular flexibility index (Phi) is 7.48. The van der Waals surface area contributed by atoms with Crippen LogP contribution in [0.5, 0.6) is 0 Å². The number of rotatable bonds is 5. The van der Waals surface area contributed by atoms with Gasteiger partial charge in [0.2, 0.25) is 5.91 Å². The highest BCUT2D eigenvalue weighted by molar-refractivity contribution is 6.00. The van der Waals surface area contributed by atoms with E-state index in [9.17, 15) is 14.4 Å². The third-order valence-electron chi connectivity index (χ3n) is 5.41. The number of likely N-dealkylation sites (tertiary alicyclic amines) is 1. The van der Waals surface area contributed by atoms with Crippen molar-refractivity contribution in [2.24, 2.45) is 5.92 Å². The van der Waals surface area contributed by atoms with E-state index < -0.39 is 0 Å². The van der Waals surface area contributed by atoms with Gasteiger partial charge in [0.25, 0.3) is 0 Å². The third kappa shape index (κ3) is 6.21. The summed E-state index contributed by atoms with van der Waals surface area (Å²) < 4.78 is 0. The van der Waals surface area contributed by atoms with Crippen molar-refractivity contribution in [2.75, 3.05) is 36.1 Å². The smallest absolute Gasteiger partial charge is 0.323 e. The Bertz CT molecular complexity index is 904. The maximum atomic E-state index is 12.5. The normalized spacial score (nSPS) is 13.9. The SMILES string of the molecule is CCc1ccc(NC(=O)Nc2ccc(NC(=O)N3CCC(C(=O)NC)CC3)cc2)cc1. The summed E-state index contributed by atoms with van der Waals surface area (Å²) in [4.78, 5) is 38.1. The van der Waals surface area contributed by atoms with Crippen molar-refractivity contribution in [3.05, 3.63) is 54.1 Å². The first-order chi connectivity index (χ1) is 15.0. The van der Waals surface area contributed by atoms with Crippen LogP contribution in [0.4, 0.5) is 26.7 Å². The molecule has 0 spiro atoms. The molecule has 1 aliphatic rings. The lowest BCUT2D eigenvalue weighted by Gasteiger charge is -2.31. The highest BCUT2D eigenvalue weighted by Gasteiger charge is 2.26. The van der Waals surface area contributed by atoms with Crippen molar-refractivity contribution < 1.29 is 14.4 Å². The van der Waals surface area contributed by atoms with Crippen LogP contribution in [0.15, 0.2) is 48.5 Å². The van der Waals surface area contributed by atoms with Gasteiger partial charge in [0, 0.05) is 43.1 Å². The van der Waals surface area contributed by atoms with Crippen molar-refractivity contribution in [3.8, 4) is 0 Å². The summed E-state index contributed by atoms with van der Waals surface area (Å²) in [5, 5.41) is 11.1. The zero-order valence-electron chi connectivity index (χ0n) is 17.9. The fraction of sp³-hybridized carbons (Fsp3) is 0.348. The first-order valence-electron chi connectivity index (χ1n) is 10.5. The molecular formula is C23H29N5O3. The molecule has 0 unspecified atom stereocenters. The number of carbonyl (C=O) groups excluding carboxylic acids is 3. The molecule has 3 rings (SSSR count). The van der Waals surface area contributed by atoms with E-state index in [0.717, 1.165) is 12.1 Å². The molecule has 31 heavy (non-hydrogen) atoms. The summed E-state index contributed by atoms with van der Waals surface area (Å²) in [7, 11) is 1.63. The van der Waals surface area contributed by atoms with Gasteiger partial charge in [-0.1, -0.05) is 19.1 Å². The molecule has 0 radical (unpaired) electrons. The second-order valence-electron chi connectivity index (χ2n) is 7.51. The molecule has 0 aromatic heterocycles. The van der Waals surface area contributed by atoms with Gasteiger partial charge in [-0.2, -0.15) is 0 Å². The van der Waals surface area contributed by atoms with Crippen LogP contribution in [0.1, 0.15) is 25.3 Å². The number of hydrogen-bond donors (Lipinski definition) is 4. The van der Waals surface area contributed by atoms with Crippen LogP contribution in [0, 0.1) is 5.92 Å². The quantitative estimate of drug-likeness (QED) is 0.587. The first-order valence-corrected chi connectivity index (χ1v) is 10.5. The number of benzene rings is 2. The zero-order chi connectivity index (χ0) is 22.2. The van der Waals surface area contributed by atoms with E-state index in [-0.39, 0.29) is 23.9 Å². The summed E-state index contributed by atoms with van der Waals surface area (Å²) in [6, 6.07) is 14.1. The Morgan fingerprint density at radius 3 is 1.81 bits per heavy atom. The van der Waals surface area contributed by atoms with Crippen LogP contribution in [-0.2, 0) is 11.2 Å². The van der Waals surface area contributed by atoms with Crippen molar-refractivity contribution >= 4 is 35.0 Å². The Labute approximate surface area is 182 Å². The lowest BCUT2D eigenvalue weighted by Crippen LogP contribution is -2.44. The number of carbonyl (C=O) groups is 3. The summed E-state index contributed by atoms with van der Waals surface area (Å²) in [6.07, 6.45) is 2.27. The first kappa shape index (κ1) is 22.1. The monoisotopic (exact) mass is 423 g/mol. The maximum absolute atomic E-state index is 12.5. The van der Waals surface area contributed by atoms with Gasteiger partial charge >= 0.3 is 12.1 Å². The molecule has 2 aromatic rings. The molecule has 0 atom stereocenters. The maximum Gasteiger partial charge on any atom is 0.323 e. The fourth-order valence-corrected chi connectivity index (χ4v) is 3.51. The molecule has 4 N–H and O–H groups in total. The van der Waals surface area contributed by atoms with Crippen LogP contribution in [-0.4, -0.2) is 43.0 Å². The van der Waals surface area contributed by atoms with Gasteiger partial charge in [-0.15, -0.1) is 0 Å². The fourth-order valence-electron chi connectivity index (χ4n) is 3.51. The van der Waals surface area contributed by atoms with Gasteiger partial charge in [-0.25, -0.2) is 9.59 Å².